The van der Waals surface area contributed by atoms with Crippen LogP contribution < -0.4 is 5.32 Å². The van der Waals surface area contributed by atoms with E-state index >= 15 is 0 Å². The van der Waals surface area contributed by atoms with Gasteiger partial charge in [0.05, 0.1) is 41.4 Å². The molecular formula is C22H17F6N5O3S. The van der Waals surface area contributed by atoms with Crippen molar-refractivity contribution in [1.82, 2.24) is 24.6 Å². The molecule has 0 aliphatic carbocycles. The number of pyridine rings is 1. The van der Waals surface area contributed by atoms with Gasteiger partial charge in [0.15, 0.2) is 11.5 Å². The van der Waals surface area contributed by atoms with Crippen LogP contribution in [0.3, 0.4) is 0 Å². The zero-order valence-electron chi connectivity index (χ0n) is 18.6. The monoisotopic (exact) mass is 545 g/mol. The molecule has 0 saturated carbocycles. The smallest absolute Gasteiger partial charge is 0.349 e. The van der Waals surface area contributed by atoms with Gasteiger partial charge < -0.3 is 5.32 Å². The first-order chi connectivity index (χ1) is 17.4. The second-order valence-electron chi connectivity index (χ2n) is 8.04. The summed E-state index contributed by atoms with van der Waals surface area (Å²) in [5.74, 6) is -2.43. The fourth-order valence-corrected chi connectivity index (χ4v) is 5.31. The Hall–Kier alpha value is -3.59. The van der Waals surface area contributed by atoms with Crippen molar-refractivity contribution in [3.63, 3.8) is 0 Å². The van der Waals surface area contributed by atoms with Crippen molar-refractivity contribution in [2.45, 2.75) is 36.3 Å². The van der Waals surface area contributed by atoms with Crippen LogP contribution in [0.2, 0.25) is 0 Å². The molecule has 1 N–H and O–H groups in total. The molecule has 196 valence electrons. The number of nitrogens with one attached hydrogen (secondary N) is 1. The Morgan fingerprint density at radius 3 is 2.38 bits per heavy atom. The van der Waals surface area contributed by atoms with Gasteiger partial charge in [-0.05, 0) is 30.3 Å². The molecular weight excluding hydrogens is 528 g/mol. The molecule has 0 unspecified atom stereocenters. The molecule has 1 aliphatic rings. The Bertz CT molecular complexity index is 1400. The van der Waals surface area contributed by atoms with Gasteiger partial charge in [0.25, 0.3) is 0 Å². The van der Waals surface area contributed by atoms with Crippen LogP contribution in [0.25, 0.3) is 11.3 Å². The number of sulfonamides is 1. The molecule has 1 fully saturated rings. The Balaban J connectivity index is 1.50. The number of aromatic nitrogens is 3. The Morgan fingerprint density at radius 2 is 1.76 bits per heavy atom. The van der Waals surface area contributed by atoms with Crippen LogP contribution in [0.5, 0.6) is 0 Å². The highest BCUT2D eigenvalue weighted by atomic mass is 32.2. The predicted molar refractivity (Wildman–Crippen MR) is 116 cm³/mol. The van der Waals surface area contributed by atoms with Gasteiger partial charge in [-0.3, -0.25) is 14.8 Å². The predicted octanol–water partition coefficient (Wildman–Crippen LogP) is 3.25. The van der Waals surface area contributed by atoms with E-state index in [2.05, 4.69) is 20.3 Å². The maximum absolute atomic E-state index is 14.3. The largest absolute Gasteiger partial charge is 0.434 e. The molecule has 0 radical (unpaired) electrons. The second-order valence-corrected chi connectivity index (χ2v) is 9.93. The average molecular weight is 545 g/mol. The lowest BCUT2D eigenvalue weighted by Gasteiger charge is -2.23. The lowest BCUT2D eigenvalue weighted by molar-refractivity contribution is -0.141. The van der Waals surface area contributed by atoms with Gasteiger partial charge in [-0.25, -0.2) is 26.6 Å². The number of rotatable bonds is 6. The molecule has 3 aromatic rings. The summed E-state index contributed by atoms with van der Waals surface area (Å²) in [6.45, 7) is -0.915. The van der Waals surface area contributed by atoms with E-state index in [1.54, 1.807) is 0 Å². The first-order valence-electron chi connectivity index (χ1n) is 10.6. The third-order valence-corrected chi connectivity index (χ3v) is 7.39. The summed E-state index contributed by atoms with van der Waals surface area (Å²) >= 11 is 0. The van der Waals surface area contributed by atoms with Crippen molar-refractivity contribution in [3.05, 3.63) is 71.9 Å². The number of nitrogens with zero attached hydrogens (tertiary/aromatic N) is 4. The number of amides is 1. The average Bonchev–Trinajstić information content (AvgIpc) is 3.26. The maximum atomic E-state index is 14.3. The molecule has 1 amide bonds. The summed E-state index contributed by atoms with van der Waals surface area (Å²) in [4.78, 5) is 23.1. The van der Waals surface area contributed by atoms with Crippen molar-refractivity contribution in [2.24, 2.45) is 0 Å². The van der Waals surface area contributed by atoms with Crippen molar-refractivity contribution in [2.75, 3.05) is 6.54 Å². The molecule has 15 heteroatoms. The van der Waals surface area contributed by atoms with E-state index in [1.165, 1.54) is 0 Å². The van der Waals surface area contributed by atoms with E-state index in [0.29, 0.717) is 10.5 Å². The van der Waals surface area contributed by atoms with Crippen molar-refractivity contribution >= 4 is 15.9 Å². The molecule has 1 saturated heterocycles. The van der Waals surface area contributed by atoms with Gasteiger partial charge in [-0.15, -0.1) is 0 Å². The van der Waals surface area contributed by atoms with E-state index in [-0.39, 0.29) is 28.4 Å². The van der Waals surface area contributed by atoms with Crippen LogP contribution in [0.1, 0.15) is 17.8 Å². The van der Waals surface area contributed by atoms with Crippen LogP contribution in [0, 0.1) is 11.6 Å². The third-order valence-electron chi connectivity index (χ3n) is 5.50. The minimum Gasteiger partial charge on any atom is -0.349 e. The highest BCUT2D eigenvalue weighted by molar-refractivity contribution is 7.89. The summed E-state index contributed by atoms with van der Waals surface area (Å²) in [5.41, 5.74) is -1.64. The minimum absolute atomic E-state index is 0.0641. The molecule has 1 aliphatic heterocycles. The van der Waals surface area contributed by atoms with E-state index in [4.69, 9.17) is 0 Å². The van der Waals surface area contributed by atoms with Gasteiger partial charge in [0, 0.05) is 18.5 Å². The number of benzene rings is 1. The number of carbonyl (C=O) groups excluding carboxylic acids is 1. The first-order valence-corrected chi connectivity index (χ1v) is 12.0. The molecule has 8 nitrogen and oxygen atoms in total. The van der Waals surface area contributed by atoms with Crippen LogP contribution in [-0.4, -0.2) is 52.3 Å². The number of hydrogen-bond acceptors (Lipinski definition) is 6. The Morgan fingerprint density at radius 1 is 1.05 bits per heavy atom. The summed E-state index contributed by atoms with van der Waals surface area (Å²) in [7, 11) is -4.32. The fourth-order valence-electron chi connectivity index (χ4n) is 3.69. The summed E-state index contributed by atoms with van der Waals surface area (Å²) in [6.07, 6.45) is -4.82. The molecule has 3 heterocycles. The second kappa shape index (κ2) is 10.0. The highest BCUT2D eigenvalue weighted by Gasteiger charge is 2.44. The lowest BCUT2D eigenvalue weighted by Crippen LogP contribution is -2.45. The molecule has 1 aromatic carbocycles. The van der Waals surface area contributed by atoms with E-state index in [1.807, 2.05) is 0 Å². The number of halogens is 6. The van der Waals surface area contributed by atoms with E-state index < -0.39 is 64.6 Å². The van der Waals surface area contributed by atoms with Crippen molar-refractivity contribution in [1.29, 1.82) is 0 Å². The van der Waals surface area contributed by atoms with Crippen LogP contribution in [-0.2, 0) is 27.5 Å². The number of carbonyl (C=O) groups is 1. The van der Waals surface area contributed by atoms with Gasteiger partial charge in [-0.2, -0.15) is 17.5 Å². The van der Waals surface area contributed by atoms with Crippen molar-refractivity contribution in [3.8, 4) is 11.3 Å². The van der Waals surface area contributed by atoms with Crippen LogP contribution >= 0.6 is 0 Å². The molecule has 0 bridgehead atoms. The Kier molecular flexibility index (Phi) is 7.19. The maximum Gasteiger partial charge on any atom is 0.434 e. The van der Waals surface area contributed by atoms with E-state index in [0.717, 1.165) is 42.7 Å². The standard InChI is InChI=1S/C22H17F6N5O3S/c23-12-1-3-15(4-2-12)37(35,36)33-11-13(24)5-19(33)21(34)32-7-14-6-16(17(25)8-29-14)18-9-31-20(10-30-18)22(26,27)28/h1-4,6,8-10,13,19H,5,7,11H2,(H,32,34)/t13-,19+/m1/s1. The third kappa shape index (κ3) is 5.72. The number of hydrogen-bond donors (Lipinski definition) is 1. The Labute approximate surface area is 206 Å². The van der Waals surface area contributed by atoms with Gasteiger partial charge in [0.1, 0.15) is 18.0 Å². The normalized spacial score (nSPS) is 18.6. The van der Waals surface area contributed by atoms with Crippen LogP contribution in [0.4, 0.5) is 26.3 Å². The summed E-state index contributed by atoms with van der Waals surface area (Å²) in [6, 6.07) is 3.56. The molecule has 2 aromatic heterocycles. The first kappa shape index (κ1) is 26.5. The summed E-state index contributed by atoms with van der Waals surface area (Å²) < 4.78 is 106. The quantitative estimate of drug-likeness (QED) is 0.477. The zero-order chi connectivity index (χ0) is 27.0. The van der Waals surface area contributed by atoms with Gasteiger partial charge in [0.2, 0.25) is 15.9 Å². The topological polar surface area (TPSA) is 105 Å². The van der Waals surface area contributed by atoms with E-state index in [9.17, 15) is 39.6 Å². The number of alkyl halides is 4. The minimum atomic E-state index is -4.73. The van der Waals surface area contributed by atoms with Crippen LogP contribution in [0.15, 0.2) is 53.8 Å². The fraction of sp³-hybridized carbons (Fsp3) is 0.273. The lowest BCUT2D eigenvalue weighted by atomic mass is 10.1. The molecule has 37 heavy (non-hydrogen) atoms. The zero-order valence-corrected chi connectivity index (χ0v) is 19.4. The summed E-state index contributed by atoms with van der Waals surface area (Å²) in [5, 5.41) is 2.41. The SMILES string of the molecule is O=C(NCc1cc(-c2cnc(C(F)(F)F)cn2)c(F)cn1)[C@@H]1C[C@@H](F)CN1S(=O)(=O)c1ccc(F)cc1. The van der Waals surface area contributed by atoms with Gasteiger partial charge in [-0.1, -0.05) is 0 Å². The van der Waals surface area contributed by atoms with Crippen molar-refractivity contribution < 1.29 is 39.6 Å². The molecule has 0 spiro atoms. The van der Waals surface area contributed by atoms with Gasteiger partial charge >= 0.3 is 6.18 Å². The molecule has 4 rings (SSSR count). The molecule has 2 atom stereocenters. The highest BCUT2D eigenvalue weighted by Crippen LogP contribution is 2.30.